The number of aromatic nitrogens is 3. The van der Waals surface area contributed by atoms with Crippen LogP contribution in [0.1, 0.15) is 5.56 Å². The van der Waals surface area contributed by atoms with Crippen LogP contribution in [0.15, 0.2) is 243 Å². The Morgan fingerprint density at radius 3 is 1.14 bits per heavy atom. The third-order valence-corrected chi connectivity index (χ3v) is 11.9. The lowest BCUT2D eigenvalue weighted by Gasteiger charge is -2.26. The van der Waals surface area contributed by atoms with Crippen molar-refractivity contribution in [2.24, 2.45) is 0 Å². The lowest BCUT2D eigenvalue weighted by Crippen LogP contribution is -2.09. The predicted octanol–water partition coefficient (Wildman–Crippen LogP) is 15.8. The normalized spacial score (nSPS) is 11.2. The fourth-order valence-electron chi connectivity index (χ4n) is 8.87. The Bertz CT molecular complexity index is 3090. The summed E-state index contributed by atoms with van der Waals surface area (Å²) in [7, 11) is 0. The van der Waals surface area contributed by atoms with Crippen LogP contribution in [0.5, 0.6) is 0 Å². The van der Waals surface area contributed by atoms with Crippen molar-refractivity contribution in [2.45, 2.75) is 6.92 Å². The molecule has 5 nitrogen and oxygen atoms in total. The maximum atomic E-state index is 5.16. The fourth-order valence-corrected chi connectivity index (χ4v) is 8.87. The van der Waals surface area contributed by atoms with Crippen LogP contribution >= 0.6 is 0 Å². The Hall–Kier alpha value is -8.54. The van der Waals surface area contributed by atoms with Gasteiger partial charge in [0.2, 0.25) is 0 Å². The maximum absolute atomic E-state index is 5.16. The molecule has 0 N–H and O–H groups in total. The van der Waals surface area contributed by atoms with Crippen molar-refractivity contribution in [1.29, 1.82) is 0 Å². The molecule has 0 saturated heterocycles. The van der Waals surface area contributed by atoms with E-state index in [1.807, 2.05) is 24.3 Å². The third-order valence-electron chi connectivity index (χ3n) is 11.9. The lowest BCUT2D eigenvalue weighted by atomic mass is 10.0. The molecule has 0 atom stereocenters. The number of nitrogens with zero attached hydrogens (tertiary/aromatic N) is 5. The Labute approximate surface area is 373 Å². The summed E-state index contributed by atoms with van der Waals surface area (Å²) in [4.78, 5) is 14.9. The summed E-state index contributed by atoms with van der Waals surface area (Å²) in [6.45, 7) is 2.20. The number of benzene rings is 9. The van der Waals surface area contributed by atoms with Crippen LogP contribution in [0, 0.1) is 6.92 Å². The number of hydrogen-bond donors (Lipinski definition) is 0. The highest BCUT2D eigenvalue weighted by molar-refractivity contribution is 6.12. The van der Waals surface area contributed by atoms with E-state index in [9.17, 15) is 0 Å². The highest BCUT2D eigenvalue weighted by atomic mass is 15.1. The fraction of sp³-hybridized carbons (Fsp3) is 0.0169. The molecule has 2 heterocycles. The van der Waals surface area contributed by atoms with Gasteiger partial charge in [-0.2, -0.15) is 0 Å². The van der Waals surface area contributed by atoms with Crippen molar-refractivity contribution in [2.75, 3.05) is 9.80 Å². The summed E-state index contributed by atoms with van der Waals surface area (Å²) >= 11 is 0. The van der Waals surface area contributed by atoms with Gasteiger partial charge in [0.25, 0.3) is 0 Å². The van der Waals surface area contributed by atoms with Crippen LogP contribution in [0.3, 0.4) is 0 Å². The van der Waals surface area contributed by atoms with Gasteiger partial charge in [-0.1, -0.05) is 140 Å². The van der Waals surface area contributed by atoms with Gasteiger partial charge in [-0.3, -0.25) is 0 Å². The zero-order valence-corrected chi connectivity index (χ0v) is 35.3. The first-order valence-electron chi connectivity index (χ1n) is 21.7. The number of fused-ring (bicyclic) bond motifs is 3. The van der Waals surface area contributed by atoms with E-state index in [4.69, 9.17) is 9.97 Å². The topological polar surface area (TPSA) is 37.2 Å². The van der Waals surface area contributed by atoms with Gasteiger partial charge in [0, 0.05) is 67.3 Å². The average molecular weight is 822 g/mol. The smallest absolute Gasteiger partial charge is 0.160 e. The molecule has 0 aliphatic heterocycles. The van der Waals surface area contributed by atoms with Crippen LogP contribution < -0.4 is 9.80 Å². The average Bonchev–Trinajstić information content (AvgIpc) is 3.68. The highest BCUT2D eigenvalue weighted by Gasteiger charge is 2.21. The van der Waals surface area contributed by atoms with E-state index in [1.165, 1.54) is 0 Å². The standard InChI is InChI=1S/C59H43N5/c1-42-38-45(55-41-54(43-20-8-2-9-21-43)60-59(61-55)44-22-10-3-11-23-44)32-35-56(42)64-57-36-33-50(62(46-24-12-4-13-25-46)47-26-14-5-15-27-47)39-52(57)53-40-51(34-37-58(53)64)63(48-28-16-6-17-29-48)49-30-18-7-19-31-49/h2-41H,1H3. The molecule has 0 bridgehead atoms. The van der Waals surface area contributed by atoms with Crippen molar-refractivity contribution in [3.63, 3.8) is 0 Å². The number of aryl methyl sites for hydroxylation is 1. The molecule has 304 valence electrons. The zero-order valence-electron chi connectivity index (χ0n) is 35.3. The van der Waals surface area contributed by atoms with Crippen LogP contribution in [0.4, 0.5) is 34.1 Å². The molecular weight excluding hydrogens is 779 g/mol. The van der Waals surface area contributed by atoms with Crippen molar-refractivity contribution < 1.29 is 0 Å². The van der Waals surface area contributed by atoms with E-state index in [1.54, 1.807) is 0 Å². The monoisotopic (exact) mass is 821 g/mol. The van der Waals surface area contributed by atoms with Crippen molar-refractivity contribution in [3.05, 3.63) is 248 Å². The van der Waals surface area contributed by atoms with Crippen molar-refractivity contribution in [1.82, 2.24) is 14.5 Å². The number of hydrogen-bond acceptors (Lipinski definition) is 4. The second-order valence-electron chi connectivity index (χ2n) is 15.9. The Balaban J connectivity index is 1.11. The van der Waals surface area contributed by atoms with Gasteiger partial charge in [-0.05, 0) is 116 Å². The Morgan fingerprint density at radius 1 is 0.328 bits per heavy atom. The molecule has 0 saturated carbocycles. The number of anilines is 6. The van der Waals surface area contributed by atoms with E-state index in [0.717, 1.165) is 95.3 Å². The molecular formula is C59H43N5. The van der Waals surface area contributed by atoms with E-state index in [-0.39, 0.29) is 0 Å². The Kier molecular flexibility index (Phi) is 10.0. The SMILES string of the molecule is Cc1cc(-c2cc(-c3ccccc3)nc(-c3ccccc3)n2)ccc1-n1c2ccc(N(c3ccccc3)c3ccccc3)cc2c2cc(N(c3ccccc3)c3ccccc3)ccc21. The first-order valence-corrected chi connectivity index (χ1v) is 21.7. The van der Waals surface area contributed by atoms with Gasteiger partial charge < -0.3 is 14.4 Å². The van der Waals surface area contributed by atoms with Crippen LogP contribution in [-0.4, -0.2) is 14.5 Å². The summed E-state index contributed by atoms with van der Waals surface area (Å²) in [5.74, 6) is 0.702. The summed E-state index contributed by atoms with van der Waals surface area (Å²) < 4.78 is 2.42. The van der Waals surface area contributed by atoms with E-state index in [0.29, 0.717) is 5.82 Å². The van der Waals surface area contributed by atoms with Crippen molar-refractivity contribution >= 4 is 55.9 Å². The molecule has 9 aromatic carbocycles. The first-order chi connectivity index (χ1) is 31.7. The molecule has 0 unspecified atom stereocenters. The summed E-state index contributed by atoms with van der Waals surface area (Å²) in [6.07, 6.45) is 0. The van der Waals surface area contributed by atoms with E-state index < -0.39 is 0 Å². The second-order valence-corrected chi connectivity index (χ2v) is 15.9. The minimum atomic E-state index is 0.702. The van der Waals surface area contributed by atoms with Gasteiger partial charge in [0.1, 0.15) is 0 Å². The van der Waals surface area contributed by atoms with Gasteiger partial charge in [0.15, 0.2) is 5.82 Å². The predicted molar refractivity (Wildman–Crippen MR) is 267 cm³/mol. The summed E-state index contributed by atoms with van der Waals surface area (Å²) in [5.41, 5.74) is 15.9. The molecule has 2 aromatic heterocycles. The first kappa shape index (κ1) is 38.4. The van der Waals surface area contributed by atoms with Crippen LogP contribution in [0.2, 0.25) is 0 Å². The minimum Gasteiger partial charge on any atom is -0.310 e. The molecule has 0 fully saturated rings. The van der Waals surface area contributed by atoms with E-state index >= 15 is 0 Å². The quantitative estimate of drug-likeness (QED) is 0.138. The molecule has 0 amide bonds. The van der Waals surface area contributed by atoms with Crippen LogP contribution in [-0.2, 0) is 0 Å². The number of rotatable bonds is 10. The molecule has 0 radical (unpaired) electrons. The maximum Gasteiger partial charge on any atom is 0.160 e. The minimum absolute atomic E-state index is 0.702. The molecule has 5 heteroatoms. The third kappa shape index (κ3) is 7.25. The van der Waals surface area contributed by atoms with Crippen molar-refractivity contribution in [3.8, 4) is 39.6 Å². The van der Waals surface area contributed by atoms with Gasteiger partial charge in [-0.15, -0.1) is 0 Å². The number of para-hydroxylation sites is 4. The highest BCUT2D eigenvalue weighted by Crippen LogP contribution is 2.43. The van der Waals surface area contributed by atoms with Crippen LogP contribution in [0.25, 0.3) is 61.4 Å². The largest absolute Gasteiger partial charge is 0.310 e. The molecule has 0 spiro atoms. The zero-order chi connectivity index (χ0) is 42.8. The molecule has 11 aromatic rings. The second kappa shape index (κ2) is 16.7. The summed E-state index contributed by atoms with van der Waals surface area (Å²) in [5, 5.41) is 2.32. The van der Waals surface area contributed by atoms with Gasteiger partial charge >= 0.3 is 0 Å². The molecule has 11 rings (SSSR count). The molecule has 64 heavy (non-hydrogen) atoms. The molecule has 0 aliphatic carbocycles. The van der Waals surface area contributed by atoms with E-state index in [2.05, 4.69) is 240 Å². The van der Waals surface area contributed by atoms with Gasteiger partial charge in [0.05, 0.1) is 22.4 Å². The lowest BCUT2D eigenvalue weighted by molar-refractivity contribution is 1.14. The van der Waals surface area contributed by atoms with Gasteiger partial charge in [-0.25, -0.2) is 9.97 Å². The Morgan fingerprint density at radius 2 is 0.719 bits per heavy atom. The summed E-state index contributed by atoms with van der Waals surface area (Å²) in [6, 6.07) is 85.6. The molecule has 0 aliphatic rings.